The average Bonchev–Trinajstić information content (AvgIpc) is 2.33. The van der Waals surface area contributed by atoms with E-state index in [9.17, 15) is 4.79 Å². The van der Waals surface area contributed by atoms with Gasteiger partial charge in [0, 0.05) is 9.13 Å². The van der Waals surface area contributed by atoms with Crippen molar-refractivity contribution in [2.24, 2.45) is 0 Å². The highest BCUT2D eigenvalue weighted by Gasteiger charge is 2.08. The zero-order valence-corrected chi connectivity index (χ0v) is 11.9. The third-order valence-corrected chi connectivity index (χ3v) is 3.16. The maximum absolute atomic E-state index is 12.0. The van der Waals surface area contributed by atoms with E-state index in [0.29, 0.717) is 17.1 Å². The number of aromatic nitrogens is 1. The predicted octanol–water partition coefficient (Wildman–Crippen LogP) is 2.83. The molecular weight excluding hydrogens is 341 g/mol. The molecule has 1 aromatic heterocycles. The molecule has 4 nitrogen and oxygen atoms in total. The van der Waals surface area contributed by atoms with Crippen molar-refractivity contribution >= 4 is 40.0 Å². The molecule has 0 fully saturated rings. The quantitative estimate of drug-likeness (QED) is 0.816. The lowest BCUT2D eigenvalue weighted by molar-refractivity contribution is 0.102. The van der Waals surface area contributed by atoms with E-state index in [2.05, 4.69) is 32.9 Å². The van der Waals surface area contributed by atoms with Gasteiger partial charge in [-0.3, -0.25) is 4.79 Å². The van der Waals surface area contributed by atoms with Gasteiger partial charge in [0.2, 0.25) is 0 Å². The average molecular weight is 353 g/mol. The topological polar surface area (TPSA) is 68.0 Å². The van der Waals surface area contributed by atoms with Crippen molar-refractivity contribution in [3.8, 4) is 0 Å². The van der Waals surface area contributed by atoms with Crippen molar-refractivity contribution in [1.29, 1.82) is 0 Å². The van der Waals surface area contributed by atoms with Crippen LogP contribution >= 0.6 is 22.6 Å². The van der Waals surface area contributed by atoms with Gasteiger partial charge in [-0.05, 0) is 65.4 Å². The lowest BCUT2D eigenvalue weighted by Crippen LogP contribution is -2.14. The van der Waals surface area contributed by atoms with Crippen molar-refractivity contribution in [2.45, 2.75) is 6.92 Å². The highest BCUT2D eigenvalue weighted by molar-refractivity contribution is 14.1. The molecule has 1 amide bonds. The second kappa shape index (κ2) is 5.34. The number of amides is 1. The fourth-order valence-electron chi connectivity index (χ4n) is 1.51. The fraction of sp³-hybridized carbons (Fsp3) is 0.0769. The number of rotatable bonds is 2. The number of nitrogens with one attached hydrogen (secondary N) is 1. The van der Waals surface area contributed by atoms with Gasteiger partial charge in [0.1, 0.15) is 5.82 Å². The van der Waals surface area contributed by atoms with Gasteiger partial charge in [-0.1, -0.05) is 0 Å². The number of benzene rings is 1. The van der Waals surface area contributed by atoms with E-state index >= 15 is 0 Å². The molecule has 0 unspecified atom stereocenters. The molecule has 5 heteroatoms. The molecule has 2 aromatic rings. The number of anilines is 2. The summed E-state index contributed by atoms with van der Waals surface area (Å²) in [5.41, 5.74) is 7.64. The fourth-order valence-corrected chi connectivity index (χ4v) is 1.87. The van der Waals surface area contributed by atoms with Crippen molar-refractivity contribution < 1.29 is 4.79 Å². The minimum Gasteiger partial charge on any atom is -0.397 e. The van der Waals surface area contributed by atoms with Crippen LogP contribution in [0.25, 0.3) is 0 Å². The zero-order valence-electron chi connectivity index (χ0n) is 9.77. The molecule has 0 aliphatic carbocycles. The lowest BCUT2D eigenvalue weighted by atomic mass is 10.2. The Labute approximate surface area is 119 Å². The first-order valence-corrected chi connectivity index (χ1v) is 6.43. The predicted molar refractivity (Wildman–Crippen MR) is 80.5 cm³/mol. The van der Waals surface area contributed by atoms with E-state index in [1.54, 1.807) is 18.2 Å². The summed E-state index contributed by atoms with van der Waals surface area (Å²) in [6, 6.07) is 9.11. The van der Waals surface area contributed by atoms with Gasteiger partial charge >= 0.3 is 0 Å². The van der Waals surface area contributed by atoms with Crippen LogP contribution < -0.4 is 11.1 Å². The van der Waals surface area contributed by atoms with Crippen LogP contribution in [0.4, 0.5) is 11.5 Å². The maximum atomic E-state index is 12.0. The van der Waals surface area contributed by atoms with Crippen LogP contribution in [0, 0.1) is 10.5 Å². The number of hydrogen-bond donors (Lipinski definition) is 2. The van der Waals surface area contributed by atoms with Gasteiger partial charge in [-0.15, -0.1) is 0 Å². The van der Waals surface area contributed by atoms with Crippen molar-refractivity contribution in [3.05, 3.63) is 51.2 Å². The Morgan fingerprint density at radius 3 is 2.61 bits per heavy atom. The number of carbonyl (C=O) groups excluding carboxylic acids is 1. The Bertz CT molecular complexity index is 581. The number of carbonyl (C=O) groups is 1. The number of nitrogens with two attached hydrogens (primary N) is 1. The summed E-state index contributed by atoms with van der Waals surface area (Å²) in [4.78, 5) is 16.1. The highest BCUT2D eigenvalue weighted by atomic mass is 127. The molecule has 1 aromatic carbocycles. The van der Waals surface area contributed by atoms with E-state index < -0.39 is 0 Å². The molecule has 0 saturated heterocycles. The minimum absolute atomic E-state index is 0.174. The number of halogens is 1. The molecule has 0 spiro atoms. The number of aryl methyl sites for hydroxylation is 1. The summed E-state index contributed by atoms with van der Waals surface area (Å²) in [6.45, 7) is 1.85. The molecule has 1 heterocycles. The summed E-state index contributed by atoms with van der Waals surface area (Å²) >= 11 is 2.19. The second-order valence-corrected chi connectivity index (χ2v) is 5.14. The molecule has 0 saturated carbocycles. The van der Waals surface area contributed by atoms with Gasteiger partial charge < -0.3 is 11.1 Å². The summed E-state index contributed by atoms with van der Waals surface area (Å²) in [5.74, 6) is 0.361. The Balaban J connectivity index is 2.18. The van der Waals surface area contributed by atoms with Gasteiger partial charge in [-0.2, -0.15) is 0 Å². The zero-order chi connectivity index (χ0) is 13.1. The summed E-state index contributed by atoms with van der Waals surface area (Å²) in [7, 11) is 0. The Morgan fingerprint density at radius 2 is 2.00 bits per heavy atom. The summed E-state index contributed by atoms with van der Waals surface area (Å²) in [6.07, 6.45) is 1.52. The summed E-state index contributed by atoms with van der Waals surface area (Å²) < 4.78 is 1.09. The first-order chi connectivity index (χ1) is 8.56. The van der Waals surface area contributed by atoms with Gasteiger partial charge in [0.15, 0.2) is 0 Å². The van der Waals surface area contributed by atoms with Crippen LogP contribution in [0.5, 0.6) is 0 Å². The van der Waals surface area contributed by atoms with E-state index in [4.69, 9.17) is 5.73 Å². The number of nitrogens with zero attached hydrogens (tertiary/aromatic N) is 1. The van der Waals surface area contributed by atoms with E-state index in [-0.39, 0.29) is 5.91 Å². The second-order valence-electron chi connectivity index (χ2n) is 3.90. The van der Waals surface area contributed by atoms with Crippen LogP contribution in [0.3, 0.4) is 0 Å². The Hall–Kier alpha value is -1.63. The summed E-state index contributed by atoms with van der Waals surface area (Å²) in [5, 5.41) is 2.77. The Morgan fingerprint density at radius 1 is 1.33 bits per heavy atom. The van der Waals surface area contributed by atoms with E-state index in [1.807, 2.05) is 19.1 Å². The van der Waals surface area contributed by atoms with Crippen molar-refractivity contribution in [1.82, 2.24) is 4.98 Å². The normalized spacial score (nSPS) is 10.1. The largest absolute Gasteiger partial charge is 0.397 e. The molecule has 3 N–H and O–H groups in total. The molecule has 92 valence electrons. The number of pyridine rings is 1. The Kier molecular flexibility index (Phi) is 3.81. The first-order valence-electron chi connectivity index (χ1n) is 5.35. The molecule has 0 atom stereocenters. The van der Waals surface area contributed by atoms with Crippen LogP contribution in [-0.2, 0) is 0 Å². The maximum Gasteiger partial charge on any atom is 0.256 e. The number of hydrogen-bond acceptors (Lipinski definition) is 3. The monoisotopic (exact) mass is 353 g/mol. The van der Waals surface area contributed by atoms with Crippen LogP contribution in [0.2, 0.25) is 0 Å². The molecule has 0 bridgehead atoms. The SMILES string of the molecule is Cc1cc(N)cnc1NC(=O)c1ccc(I)cc1. The lowest BCUT2D eigenvalue weighted by Gasteiger charge is -2.07. The van der Waals surface area contributed by atoms with Gasteiger partial charge in [0.25, 0.3) is 5.91 Å². The molecule has 0 radical (unpaired) electrons. The molecule has 18 heavy (non-hydrogen) atoms. The highest BCUT2D eigenvalue weighted by Crippen LogP contribution is 2.15. The molecular formula is C13H12IN3O. The smallest absolute Gasteiger partial charge is 0.256 e. The first kappa shape index (κ1) is 12.8. The van der Waals surface area contributed by atoms with E-state index in [0.717, 1.165) is 9.13 Å². The standard InChI is InChI=1S/C13H12IN3O/c1-8-6-11(15)7-16-12(8)17-13(18)9-2-4-10(14)5-3-9/h2-7H,15H2,1H3,(H,16,17,18). The van der Waals surface area contributed by atoms with Crippen LogP contribution in [0.1, 0.15) is 15.9 Å². The van der Waals surface area contributed by atoms with Crippen LogP contribution in [-0.4, -0.2) is 10.9 Å². The number of nitrogen functional groups attached to an aromatic ring is 1. The van der Waals surface area contributed by atoms with Crippen LogP contribution in [0.15, 0.2) is 36.5 Å². The van der Waals surface area contributed by atoms with Crippen molar-refractivity contribution in [3.63, 3.8) is 0 Å². The third kappa shape index (κ3) is 2.98. The van der Waals surface area contributed by atoms with Gasteiger partial charge in [-0.25, -0.2) is 4.98 Å². The van der Waals surface area contributed by atoms with E-state index in [1.165, 1.54) is 6.20 Å². The van der Waals surface area contributed by atoms with Gasteiger partial charge in [0.05, 0.1) is 11.9 Å². The molecule has 2 rings (SSSR count). The third-order valence-electron chi connectivity index (χ3n) is 2.44. The molecule has 0 aliphatic heterocycles. The molecule has 0 aliphatic rings. The van der Waals surface area contributed by atoms with Crippen molar-refractivity contribution in [2.75, 3.05) is 11.1 Å². The minimum atomic E-state index is -0.174.